The molecular weight excluding hydrogens is 358 g/mol. The van der Waals surface area contributed by atoms with Crippen LogP contribution in [0, 0.1) is 5.92 Å². The first-order valence-corrected chi connectivity index (χ1v) is 11.5. The molecule has 0 aromatic rings. The van der Waals surface area contributed by atoms with Crippen molar-refractivity contribution in [2.45, 2.75) is 77.3 Å². The fraction of sp³-hybridized carbons (Fsp3) is 0.905. The molecule has 3 saturated heterocycles. The van der Waals surface area contributed by atoms with Crippen molar-refractivity contribution in [2.75, 3.05) is 39.3 Å². The van der Waals surface area contributed by atoms with Gasteiger partial charge in [0.2, 0.25) is 0 Å². The summed E-state index contributed by atoms with van der Waals surface area (Å²) in [5, 5.41) is 0. The lowest BCUT2D eigenvalue weighted by Crippen LogP contribution is -2.47. The van der Waals surface area contributed by atoms with Crippen LogP contribution in [0.3, 0.4) is 0 Å². The zero-order chi connectivity index (χ0) is 19.2. The minimum Gasteiger partial charge on any atom is -0.450 e. The van der Waals surface area contributed by atoms with Crippen molar-refractivity contribution >= 4 is 23.3 Å². The molecule has 0 saturated carbocycles. The number of piperidine rings is 1. The van der Waals surface area contributed by atoms with Crippen LogP contribution in [0.5, 0.6) is 0 Å². The first-order valence-electron chi connectivity index (χ1n) is 11.1. The molecule has 1 amide bonds. The summed E-state index contributed by atoms with van der Waals surface area (Å²) >= 11 is 5.63. The van der Waals surface area contributed by atoms with Gasteiger partial charge in [0.05, 0.1) is 11.6 Å². The van der Waals surface area contributed by atoms with Gasteiger partial charge in [-0.15, -0.1) is 0 Å². The second-order valence-corrected chi connectivity index (χ2v) is 8.77. The van der Waals surface area contributed by atoms with Crippen molar-refractivity contribution in [2.24, 2.45) is 5.92 Å². The highest BCUT2D eigenvalue weighted by molar-refractivity contribution is 7.80. The summed E-state index contributed by atoms with van der Waals surface area (Å²) in [7, 11) is 0. The van der Waals surface area contributed by atoms with Gasteiger partial charge in [-0.2, -0.15) is 0 Å². The zero-order valence-electron chi connectivity index (χ0n) is 17.2. The Bertz CT molecular complexity index is 508. The Hall–Kier alpha value is -0.880. The lowest BCUT2D eigenvalue weighted by Gasteiger charge is -2.41. The molecule has 0 radical (unpaired) electrons. The molecule has 3 aliphatic heterocycles. The Balaban J connectivity index is 1.48. The number of likely N-dealkylation sites (tertiary alicyclic amines) is 3. The molecule has 0 bridgehead atoms. The molecule has 0 aliphatic carbocycles. The van der Waals surface area contributed by atoms with Crippen LogP contribution >= 0.6 is 12.2 Å². The average molecular weight is 396 g/mol. The number of carbonyl (C=O) groups excluding carboxylic acids is 1. The minimum absolute atomic E-state index is 0.134. The van der Waals surface area contributed by atoms with E-state index in [1.165, 1.54) is 56.7 Å². The van der Waals surface area contributed by atoms with E-state index in [1.54, 1.807) is 0 Å². The van der Waals surface area contributed by atoms with Crippen molar-refractivity contribution in [3.05, 3.63) is 0 Å². The van der Waals surface area contributed by atoms with Crippen LogP contribution in [0.4, 0.5) is 4.79 Å². The quantitative estimate of drug-likeness (QED) is 0.675. The van der Waals surface area contributed by atoms with Crippen LogP contribution in [-0.4, -0.2) is 77.2 Å². The normalized spacial score (nSPS) is 28.2. The summed E-state index contributed by atoms with van der Waals surface area (Å²) in [4.78, 5) is 20.3. The second kappa shape index (κ2) is 10.1. The molecule has 27 heavy (non-hydrogen) atoms. The van der Waals surface area contributed by atoms with Crippen LogP contribution in [-0.2, 0) is 4.74 Å². The molecule has 0 aromatic carbocycles. The predicted molar refractivity (Wildman–Crippen MR) is 113 cm³/mol. The summed E-state index contributed by atoms with van der Waals surface area (Å²) in [6, 6.07) is 1.31. The molecule has 0 aromatic heterocycles. The SMILES string of the molecule is CCOC(=O)N1CCCC(N2CCC(C3CCCN3C(=S)CC)CC2)CC1. The number of thiocarbonyl (C=S) groups is 1. The summed E-state index contributed by atoms with van der Waals surface area (Å²) in [6.45, 7) is 9.79. The average Bonchev–Trinajstić information content (AvgIpc) is 3.05. The molecule has 5 nitrogen and oxygen atoms in total. The van der Waals surface area contributed by atoms with Gasteiger partial charge in [-0.3, -0.25) is 0 Å². The Kier molecular flexibility index (Phi) is 7.76. The van der Waals surface area contributed by atoms with Gasteiger partial charge in [-0.25, -0.2) is 4.79 Å². The summed E-state index contributed by atoms with van der Waals surface area (Å²) in [6.07, 6.45) is 9.46. The smallest absolute Gasteiger partial charge is 0.409 e. The highest BCUT2D eigenvalue weighted by Gasteiger charge is 2.36. The molecule has 3 aliphatic rings. The standard InChI is InChI=1S/C21H37N3O2S/c1-3-20(27)24-13-6-8-19(24)17-9-14-22(15-10-17)18-7-5-12-23(16-11-18)21(25)26-4-2/h17-19H,3-16H2,1-2H3. The number of amides is 1. The highest BCUT2D eigenvalue weighted by atomic mass is 32.1. The fourth-order valence-electron chi connectivity index (χ4n) is 5.31. The van der Waals surface area contributed by atoms with Gasteiger partial charge < -0.3 is 19.4 Å². The number of hydrogen-bond acceptors (Lipinski definition) is 4. The van der Waals surface area contributed by atoms with E-state index in [-0.39, 0.29) is 6.09 Å². The highest BCUT2D eigenvalue weighted by Crippen LogP contribution is 2.33. The maximum Gasteiger partial charge on any atom is 0.409 e. The van der Waals surface area contributed by atoms with Crippen LogP contribution in [0.1, 0.15) is 65.2 Å². The van der Waals surface area contributed by atoms with Gasteiger partial charge in [0.15, 0.2) is 0 Å². The third-order valence-electron chi connectivity index (χ3n) is 6.78. The molecule has 3 fully saturated rings. The van der Waals surface area contributed by atoms with E-state index in [4.69, 9.17) is 17.0 Å². The van der Waals surface area contributed by atoms with Crippen molar-refractivity contribution < 1.29 is 9.53 Å². The van der Waals surface area contributed by atoms with Crippen LogP contribution in [0.25, 0.3) is 0 Å². The summed E-state index contributed by atoms with van der Waals surface area (Å²) in [5.74, 6) is 0.801. The van der Waals surface area contributed by atoms with Crippen molar-refractivity contribution in [1.82, 2.24) is 14.7 Å². The number of hydrogen-bond donors (Lipinski definition) is 0. The zero-order valence-corrected chi connectivity index (χ0v) is 18.0. The second-order valence-electron chi connectivity index (χ2n) is 8.29. The van der Waals surface area contributed by atoms with Gasteiger partial charge in [-0.1, -0.05) is 19.1 Å². The van der Waals surface area contributed by atoms with E-state index in [2.05, 4.69) is 16.7 Å². The van der Waals surface area contributed by atoms with E-state index in [0.717, 1.165) is 38.3 Å². The van der Waals surface area contributed by atoms with Gasteiger partial charge in [-0.05, 0) is 77.3 Å². The monoisotopic (exact) mass is 395 g/mol. The molecule has 2 unspecified atom stereocenters. The predicted octanol–water partition coefficient (Wildman–Crippen LogP) is 3.91. The Labute approximate surface area is 170 Å². The third-order valence-corrected chi connectivity index (χ3v) is 7.30. The molecule has 6 heteroatoms. The Morgan fingerprint density at radius 1 is 0.963 bits per heavy atom. The van der Waals surface area contributed by atoms with Gasteiger partial charge in [0, 0.05) is 31.7 Å². The van der Waals surface area contributed by atoms with Crippen LogP contribution < -0.4 is 0 Å². The van der Waals surface area contributed by atoms with Crippen molar-refractivity contribution in [3.8, 4) is 0 Å². The maximum atomic E-state index is 12.0. The van der Waals surface area contributed by atoms with E-state index in [0.29, 0.717) is 18.7 Å². The van der Waals surface area contributed by atoms with E-state index in [9.17, 15) is 4.79 Å². The van der Waals surface area contributed by atoms with Crippen LogP contribution in [0.15, 0.2) is 0 Å². The number of ether oxygens (including phenoxy) is 1. The van der Waals surface area contributed by atoms with Gasteiger partial charge >= 0.3 is 6.09 Å². The first-order chi connectivity index (χ1) is 13.1. The van der Waals surface area contributed by atoms with Crippen molar-refractivity contribution in [1.29, 1.82) is 0 Å². The Morgan fingerprint density at radius 3 is 2.41 bits per heavy atom. The van der Waals surface area contributed by atoms with E-state index in [1.807, 2.05) is 11.8 Å². The molecular formula is C21H37N3O2S. The molecule has 154 valence electrons. The number of rotatable bonds is 4. The van der Waals surface area contributed by atoms with Crippen LogP contribution in [0.2, 0.25) is 0 Å². The molecule has 0 spiro atoms. The van der Waals surface area contributed by atoms with E-state index >= 15 is 0 Å². The largest absolute Gasteiger partial charge is 0.450 e. The molecule has 3 rings (SSSR count). The Morgan fingerprint density at radius 2 is 1.70 bits per heavy atom. The fourth-order valence-corrected chi connectivity index (χ4v) is 5.53. The van der Waals surface area contributed by atoms with E-state index < -0.39 is 0 Å². The van der Waals surface area contributed by atoms with Gasteiger partial charge in [0.1, 0.15) is 0 Å². The third kappa shape index (κ3) is 5.14. The van der Waals surface area contributed by atoms with Gasteiger partial charge in [0.25, 0.3) is 0 Å². The lowest BCUT2D eigenvalue weighted by atomic mass is 9.87. The molecule has 2 atom stereocenters. The minimum atomic E-state index is -0.134. The topological polar surface area (TPSA) is 36.0 Å². The van der Waals surface area contributed by atoms with Crippen molar-refractivity contribution in [3.63, 3.8) is 0 Å². The summed E-state index contributed by atoms with van der Waals surface area (Å²) in [5.41, 5.74) is 0. The molecule has 3 heterocycles. The lowest BCUT2D eigenvalue weighted by molar-refractivity contribution is 0.0924. The summed E-state index contributed by atoms with van der Waals surface area (Å²) < 4.78 is 5.19. The number of nitrogens with zero attached hydrogens (tertiary/aromatic N) is 3. The first kappa shape index (κ1) is 20.8. The molecule has 0 N–H and O–H groups in total. The maximum absolute atomic E-state index is 12.0. The number of carbonyl (C=O) groups is 1.